The largest absolute Gasteiger partial charge is 0.347 e. The Morgan fingerprint density at radius 3 is 1.57 bits per heavy atom. The Labute approximate surface area is 229 Å². The summed E-state index contributed by atoms with van der Waals surface area (Å²) in [5.41, 5.74) is 8.43. The lowest BCUT2D eigenvalue weighted by molar-refractivity contribution is 0.185. The zero-order chi connectivity index (χ0) is 28.1. The van der Waals surface area contributed by atoms with E-state index in [-0.39, 0.29) is 0 Å². The first-order chi connectivity index (χ1) is 17.3. The summed E-state index contributed by atoms with van der Waals surface area (Å²) < 4.78 is 4.38. The van der Waals surface area contributed by atoms with Crippen molar-refractivity contribution in [1.82, 2.24) is 23.9 Å². The molecule has 2 aromatic rings. The summed E-state index contributed by atoms with van der Waals surface area (Å²) in [6, 6.07) is 6.80. The van der Waals surface area contributed by atoms with Crippen molar-refractivity contribution < 1.29 is 0 Å². The van der Waals surface area contributed by atoms with Gasteiger partial charge in [0.2, 0.25) is 0 Å². The van der Waals surface area contributed by atoms with Crippen LogP contribution in [0.2, 0.25) is 0 Å². The van der Waals surface area contributed by atoms with Gasteiger partial charge in [-0.25, -0.2) is 4.98 Å². The van der Waals surface area contributed by atoms with Crippen molar-refractivity contribution in [3.05, 3.63) is 41.7 Å². The Balaban J connectivity index is 0.000000247. The van der Waals surface area contributed by atoms with Crippen LogP contribution in [0.4, 0.5) is 0 Å². The van der Waals surface area contributed by atoms with E-state index in [1.807, 2.05) is 24.0 Å². The van der Waals surface area contributed by atoms with Gasteiger partial charge < -0.3 is 19.8 Å². The number of aromatic nitrogens is 3. The molecular weight excluding hydrogens is 456 g/mol. The second-order valence-electron chi connectivity index (χ2n) is 12.0. The number of hydrogen-bond donors (Lipinski definition) is 1. The monoisotopic (exact) mass is 516 g/mol. The highest BCUT2D eigenvalue weighted by molar-refractivity contribution is 5.14. The molecule has 2 N–H and O–H groups in total. The number of imidazole rings is 1. The lowest BCUT2D eigenvalue weighted by Crippen LogP contribution is -2.35. The van der Waals surface area contributed by atoms with Gasteiger partial charge in [0.25, 0.3) is 0 Å². The molecule has 1 atom stereocenters. The Hall–Kier alpha value is -1.63. The van der Waals surface area contributed by atoms with E-state index in [9.17, 15) is 0 Å². The van der Waals surface area contributed by atoms with Gasteiger partial charge >= 0.3 is 0 Å². The van der Waals surface area contributed by atoms with Crippen molar-refractivity contribution in [2.45, 2.75) is 125 Å². The molecule has 2 saturated heterocycles. The minimum absolute atomic E-state index is 0.437. The van der Waals surface area contributed by atoms with E-state index < -0.39 is 0 Å². The first-order valence-electron chi connectivity index (χ1n) is 14.7. The van der Waals surface area contributed by atoms with Crippen LogP contribution in [-0.2, 0) is 7.05 Å². The number of aryl methyl sites for hydroxylation is 3. The van der Waals surface area contributed by atoms with E-state index >= 15 is 0 Å². The molecule has 0 aromatic carbocycles. The lowest BCUT2D eigenvalue weighted by Gasteiger charge is -2.29. The maximum atomic E-state index is 5.72. The quantitative estimate of drug-likeness (QED) is 0.501. The van der Waals surface area contributed by atoms with Gasteiger partial charge in [-0.1, -0.05) is 20.3 Å². The SMILES string of the molecule is CC(C)N1CCCCC1.CC(C)N1CC[C@H](N)C1.CC(C)c1nccn1C.Cc1ccc(C)n1C(C)C. The molecule has 2 aromatic heterocycles. The number of rotatable bonds is 4. The number of nitrogens with zero attached hydrogens (tertiary/aromatic N) is 5. The average Bonchev–Trinajstić information content (AvgIpc) is 3.55. The van der Waals surface area contributed by atoms with E-state index in [2.05, 4.69) is 101 Å². The van der Waals surface area contributed by atoms with Crippen LogP contribution in [0.3, 0.4) is 0 Å². The number of hydrogen-bond acceptors (Lipinski definition) is 4. The molecule has 0 spiro atoms. The molecule has 6 heteroatoms. The standard InChI is InChI=1S/C9H15N.C8H17N.C7H12N2.C7H16N2/c1-7(2)10-8(3)5-6-9(10)4;1-8(2)9-6-4-3-5-7-9;1-6(2)7-8-4-5-9(7)3;1-6(2)9-4-3-7(8)5-9/h5-7H,1-4H3;8H,3-7H2,1-2H3;4-6H,1-3H3;6-7H,3-5,8H2,1-2H3/t;;;7-/m...0/s1. The van der Waals surface area contributed by atoms with Gasteiger partial charge in [-0.3, -0.25) is 4.90 Å². The van der Waals surface area contributed by atoms with Crippen molar-refractivity contribution in [3.8, 4) is 0 Å². The van der Waals surface area contributed by atoms with Crippen LogP contribution in [0.25, 0.3) is 0 Å². The first kappa shape index (κ1) is 33.4. The third-order valence-electron chi connectivity index (χ3n) is 7.32. The van der Waals surface area contributed by atoms with Crippen molar-refractivity contribution in [3.63, 3.8) is 0 Å². The molecule has 0 radical (unpaired) electrons. The zero-order valence-corrected chi connectivity index (χ0v) is 26.2. The smallest absolute Gasteiger partial charge is 0.110 e. The molecule has 2 aliphatic rings. The molecular formula is C31H60N6. The van der Waals surface area contributed by atoms with Gasteiger partial charge in [-0.2, -0.15) is 0 Å². The van der Waals surface area contributed by atoms with Gasteiger partial charge in [0, 0.05) is 67.5 Å². The zero-order valence-electron chi connectivity index (χ0n) is 26.2. The van der Waals surface area contributed by atoms with Crippen molar-refractivity contribution in [1.29, 1.82) is 0 Å². The van der Waals surface area contributed by atoms with Crippen LogP contribution in [0.5, 0.6) is 0 Å². The van der Waals surface area contributed by atoms with Gasteiger partial charge in [-0.15, -0.1) is 0 Å². The van der Waals surface area contributed by atoms with Gasteiger partial charge in [-0.05, 0) is 106 Å². The maximum absolute atomic E-state index is 5.72. The molecule has 4 rings (SSSR count). The molecule has 0 bridgehead atoms. The molecule has 214 valence electrons. The first-order valence-corrected chi connectivity index (χ1v) is 14.7. The summed E-state index contributed by atoms with van der Waals surface area (Å²) in [7, 11) is 2.02. The summed E-state index contributed by atoms with van der Waals surface area (Å²) >= 11 is 0. The predicted octanol–water partition coefficient (Wildman–Crippen LogP) is 6.54. The molecule has 0 amide bonds. The van der Waals surface area contributed by atoms with Gasteiger partial charge in [0.15, 0.2) is 0 Å². The highest BCUT2D eigenvalue weighted by atomic mass is 15.2. The fourth-order valence-electron chi connectivity index (χ4n) is 5.15. The predicted molar refractivity (Wildman–Crippen MR) is 161 cm³/mol. The summed E-state index contributed by atoms with van der Waals surface area (Å²) in [5.74, 6) is 1.68. The summed E-state index contributed by atoms with van der Waals surface area (Å²) in [5, 5.41) is 0. The topological polar surface area (TPSA) is 55.2 Å². The molecule has 2 aliphatic heterocycles. The lowest BCUT2D eigenvalue weighted by atomic mass is 10.1. The molecule has 4 heterocycles. The molecule has 2 fully saturated rings. The van der Waals surface area contributed by atoms with E-state index in [1.54, 1.807) is 0 Å². The van der Waals surface area contributed by atoms with E-state index in [4.69, 9.17) is 5.73 Å². The summed E-state index contributed by atoms with van der Waals surface area (Å²) in [6.07, 6.45) is 9.25. The highest BCUT2D eigenvalue weighted by Gasteiger charge is 2.20. The summed E-state index contributed by atoms with van der Waals surface area (Å²) in [4.78, 5) is 9.16. The summed E-state index contributed by atoms with van der Waals surface area (Å²) in [6.45, 7) is 26.9. The van der Waals surface area contributed by atoms with E-state index in [0.29, 0.717) is 24.0 Å². The maximum Gasteiger partial charge on any atom is 0.110 e. The van der Waals surface area contributed by atoms with Crippen LogP contribution in [0.1, 0.15) is 110 Å². The molecule has 0 unspecified atom stereocenters. The van der Waals surface area contributed by atoms with E-state index in [0.717, 1.165) is 18.4 Å². The second kappa shape index (κ2) is 17.1. The number of piperidine rings is 1. The van der Waals surface area contributed by atoms with Gasteiger partial charge in [0.05, 0.1) is 0 Å². The van der Waals surface area contributed by atoms with Crippen molar-refractivity contribution in [2.24, 2.45) is 12.8 Å². The third kappa shape index (κ3) is 12.2. The third-order valence-corrected chi connectivity index (χ3v) is 7.32. The minimum atomic E-state index is 0.437. The Kier molecular flexibility index (Phi) is 15.4. The van der Waals surface area contributed by atoms with Crippen molar-refractivity contribution >= 4 is 0 Å². The molecule has 37 heavy (non-hydrogen) atoms. The molecule has 6 nitrogen and oxygen atoms in total. The average molecular weight is 517 g/mol. The van der Waals surface area contributed by atoms with E-state index in [1.165, 1.54) is 56.7 Å². The Bertz CT molecular complexity index is 814. The Morgan fingerprint density at radius 2 is 1.32 bits per heavy atom. The highest BCUT2D eigenvalue weighted by Crippen LogP contribution is 2.14. The number of nitrogens with two attached hydrogens (primary N) is 1. The fourth-order valence-corrected chi connectivity index (χ4v) is 5.15. The minimum Gasteiger partial charge on any atom is -0.347 e. The van der Waals surface area contributed by atoms with Crippen LogP contribution < -0.4 is 5.73 Å². The van der Waals surface area contributed by atoms with Crippen LogP contribution in [0.15, 0.2) is 24.5 Å². The normalized spacial score (nSPS) is 18.4. The molecule has 0 aliphatic carbocycles. The number of likely N-dealkylation sites (tertiary alicyclic amines) is 2. The van der Waals surface area contributed by atoms with Crippen molar-refractivity contribution in [2.75, 3.05) is 26.2 Å². The molecule has 0 saturated carbocycles. The second-order valence-corrected chi connectivity index (χ2v) is 12.0. The van der Waals surface area contributed by atoms with Gasteiger partial charge in [0.1, 0.15) is 5.82 Å². The fraction of sp³-hybridized carbons (Fsp3) is 0.774. The van der Waals surface area contributed by atoms with Crippen LogP contribution >= 0.6 is 0 Å². The van der Waals surface area contributed by atoms with Crippen LogP contribution in [0, 0.1) is 13.8 Å². The van der Waals surface area contributed by atoms with Crippen LogP contribution in [-0.4, -0.2) is 68.2 Å². The Morgan fingerprint density at radius 1 is 0.784 bits per heavy atom.